The van der Waals surface area contributed by atoms with E-state index in [4.69, 9.17) is 14.3 Å². The summed E-state index contributed by atoms with van der Waals surface area (Å²) < 4.78 is 48.7. The zero-order valence-corrected chi connectivity index (χ0v) is 22.9. The minimum absolute atomic E-state index is 0.113. The van der Waals surface area contributed by atoms with Crippen molar-refractivity contribution in [3.05, 3.63) is 35.9 Å². The highest BCUT2D eigenvalue weighted by molar-refractivity contribution is 7.90. The van der Waals surface area contributed by atoms with Gasteiger partial charge in [0.2, 0.25) is 5.88 Å². The number of halogens is 1. The first-order valence-corrected chi connectivity index (χ1v) is 14.1. The maximum absolute atomic E-state index is 14.6. The standard InChI is InChI=1S/C25H35FN4O6S/c1-16(2)30(14-19-9-11-29(12-10-19)36-25(31)34-17(3)4)23-18(5)24(28-15-27-23)35-22-8-7-20(13-21(22)26)37(6,32)33/h7-8,13,15-17,19H,9-12,14H2,1-6H3. The van der Waals surface area contributed by atoms with Crippen molar-refractivity contribution in [2.24, 2.45) is 5.92 Å². The molecule has 0 aliphatic carbocycles. The molecule has 0 spiro atoms. The number of nitrogens with zero attached hydrogens (tertiary/aromatic N) is 4. The van der Waals surface area contributed by atoms with Crippen molar-refractivity contribution < 1.29 is 31.9 Å². The van der Waals surface area contributed by atoms with E-state index < -0.39 is 21.8 Å². The lowest BCUT2D eigenvalue weighted by atomic mass is 9.96. The molecule has 0 amide bonds. The topological polar surface area (TPSA) is 111 Å². The Morgan fingerprint density at radius 1 is 1.19 bits per heavy atom. The molecule has 10 nitrogen and oxygen atoms in total. The maximum Gasteiger partial charge on any atom is 0.528 e. The van der Waals surface area contributed by atoms with Gasteiger partial charge in [-0.1, -0.05) is 0 Å². The quantitative estimate of drug-likeness (QED) is 0.422. The second-order valence-corrected chi connectivity index (χ2v) is 11.7. The molecule has 1 aliphatic heterocycles. The van der Waals surface area contributed by atoms with E-state index in [1.165, 1.54) is 18.5 Å². The molecule has 1 aromatic carbocycles. The second-order valence-electron chi connectivity index (χ2n) is 9.72. The zero-order chi connectivity index (χ0) is 27.3. The molecule has 0 N–H and O–H groups in total. The van der Waals surface area contributed by atoms with Crippen LogP contribution in [0.2, 0.25) is 0 Å². The molecule has 0 atom stereocenters. The lowest BCUT2D eigenvalue weighted by Crippen LogP contribution is -2.42. The van der Waals surface area contributed by atoms with Gasteiger partial charge in [-0.25, -0.2) is 27.6 Å². The number of ether oxygens (including phenoxy) is 2. The van der Waals surface area contributed by atoms with Crippen LogP contribution in [-0.4, -0.2) is 67.6 Å². The molecule has 1 aromatic heterocycles. The number of rotatable bonds is 9. The summed E-state index contributed by atoms with van der Waals surface area (Å²) in [5.41, 5.74) is 0.639. The largest absolute Gasteiger partial charge is 0.528 e. The van der Waals surface area contributed by atoms with Gasteiger partial charge in [-0.3, -0.25) is 0 Å². The third-order valence-electron chi connectivity index (χ3n) is 6.01. The number of hydroxylamine groups is 2. The van der Waals surface area contributed by atoms with E-state index in [1.54, 1.807) is 25.8 Å². The second kappa shape index (κ2) is 12.0. The fourth-order valence-electron chi connectivity index (χ4n) is 4.04. The number of piperidine rings is 1. The van der Waals surface area contributed by atoms with Gasteiger partial charge in [0.25, 0.3) is 0 Å². The van der Waals surface area contributed by atoms with Gasteiger partial charge >= 0.3 is 6.16 Å². The van der Waals surface area contributed by atoms with Gasteiger partial charge in [-0.15, -0.1) is 5.06 Å². The van der Waals surface area contributed by atoms with Crippen LogP contribution in [0.1, 0.15) is 46.1 Å². The summed E-state index contributed by atoms with van der Waals surface area (Å²) in [4.78, 5) is 27.7. The Morgan fingerprint density at radius 2 is 1.86 bits per heavy atom. The summed E-state index contributed by atoms with van der Waals surface area (Å²) in [6.45, 7) is 11.4. The number of sulfone groups is 1. The molecule has 12 heteroatoms. The molecule has 3 rings (SSSR count). The van der Waals surface area contributed by atoms with Crippen LogP contribution < -0.4 is 9.64 Å². The summed E-state index contributed by atoms with van der Waals surface area (Å²) >= 11 is 0. The third kappa shape index (κ3) is 7.75. The normalized spacial score (nSPS) is 15.2. The maximum atomic E-state index is 14.6. The van der Waals surface area contributed by atoms with Crippen molar-refractivity contribution in [2.45, 2.75) is 64.5 Å². The summed E-state index contributed by atoms with van der Waals surface area (Å²) in [5.74, 6) is 0.276. The monoisotopic (exact) mass is 538 g/mol. The number of hydrogen-bond donors (Lipinski definition) is 0. The number of aromatic nitrogens is 2. The fourth-order valence-corrected chi connectivity index (χ4v) is 4.67. The molecule has 0 saturated carbocycles. The molecule has 2 aromatic rings. The van der Waals surface area contributed by atoms with Crippen LogP contribution in [0.5, 0.6) is 11.6 Å². The number of carbonyl (C=O) groups excluding carboxylic acids is 1. The molecular weight excluding hydrogens is 503 g/mol. The average Bonchev–Trinajstić information content (AvgIpc) is 2.80. The smallest absolute Gasteiger partial charge is 0.435 e. The molecule has 37 heavy (non-hydrogen) atoms. The molecule has 2 heterocycles. The number of hydrogen-bond acceptors (Lipinski definition) is 10. The van der Waals surface area contributed by atoms with Crippen molar-refractivity contribution in [2.75, 3.05) is 30.8 Å². The number of anilines is 1. The molecule has 204 valence electrons. The van der Waals surface area contributed by atoms with E-state index >= 15 is 0 Å². The van der Waals surface area contributed by atoms with Crippen LogP contribution in [0.3, 0.4) is 0 Å². The van der Waals surface area contributed by atoms with Crippen LogP contribution in [0, 0.1) is 18.7 Å². The first-order valence-electron chi connectivity index (χ1n) is 12.2. The molecule has 0 radical (unpaired) electrons. The lowest BCUT2D eigenvalue weighted by molar-refractivity contribution is -0.146. The van der Waals surface area contributed by atoms with Crippen molar-refractivity contribution in [1.82, 2.24) is 15.0 Å². The van der Waals surface area contributed by atoms with E-state index in [0.717, 1.165) is 31.7 Å². The Morgan fingerprint density at radius 3 is 2.43 bits per heavy atom. The molecular formula is C25H35FN4O6S. The van der Waals surface area contributed by atoms with Crippen LogP contribution in [0.15, 0.2) is 29.4 Å². The van der Waals surface area contributed by atoms with Gasteiger partial charge < -0.3 is 19.2 Å². The highest BCUT2D eigenvalue weighted by Gasteiger charge is 2.27. The van der Waals surface area contributed by atoms with Gasteiger partial charge in [0.15, 0.2) is 21.4 Å². The van der Waals surface area contributed by atoms with E-state index in [-0.39, 0.29) is 28.7 Å². The highest BCUT2D eigenvalue weighted by atomic mass is 32.2. The van der Waals surface area contributed by atoms with E-state index in [0.29, 0.717) is 30.4 Å². The fraction of sp³-hybridized carbons (Fsp3) is 0.560. The molecule has 1 fully saturated rings. The molecule has 1 saturated heterocycles. The Balaban J connectivity index is 1.70. The minimum atomic E-state index is -3.54. The molecule has 1 aliphatic rings. The Hall–Kier alpha value is -2.99. The number of benzene rings is 1. The number of carbonyl (C=O) groups is 1. The van der Waals surface area contributed by atoms with Gasteiger partial charge in [-0.05, 0) is 71.6 Å². The predicted octanol–water partition coefficient (Wildman–Crippen LogP) is 4.52. The zero-order valence-electron chi connectivity index (χ0n) is 22.1. The Kier molecular flexibility index (Phi) is 9.30. The predicted molar refractivity (Wildman–Crippen MR) is 136 cm³/mol. The summed E-state index contributed by atoms with van der Waals surface area (Å²) in [7, 11) is -3.54. The van der Waals surface area contributed by atoms with Crippen LogP contribution in [-0.2, 0) is 19.4 Å². The van der Waals surface area contributed by atoms with E-state index in [9.17, 15) is 17.6 Å². The average molecular weight is 539 g/mol. The van der Waals surface area contributed by atoms with Crippen molar-refractivity contribution in [3.63, 3.8) is 0 Å². The van der Waals surface area contributed by atoms with E-state index in [1.807, 2.05) is 0 Å². The SMILES string of the molecule is Cc1c(Oc2ccc(S(C)(=O)=O)cc2F)ncnc1N(CC1CCN(OC(=O)OC(C)C)CC1)C(C)C. The van der Waals surface area contributed by atoms with Crippen LogP contribution in [0.25, 0.3) is 0 Å². The van der Waals surface area contributed by atoms with Gasteiger partial charge in [-0.2, -0.15) is 0 Å². The Bertz CT molecular complexity index is 1200. The highest BCUT2D eigenvalue weighted by Crippen LogP contribution is 2.32. The van der Waals surface area contributed by atoms with Crippen LogP contribution in [0.4, 0.5) is 15.0 Å². The van der Waals surface area contributed by atoms with Crippen molar-refractivity contribution >= 4 is 21.8 Å². The van der Waals surface area contributed by atoms with Gasteiger partial charge in [0, 0.05) is 31.9 Å². The minimum Gasteiger partial charge on any atom is -0.435 e. The van der Waals surface area contributed by atoms with Gasteiger partial charge in [0.05, 0.1) is 16.6 Å². The van der Waals surface area contributed by atoms with Gasteiger partial charge in [0.1, 0.15) is 12.1 Å². The third-order valence-corrected chi connectivity index (χ3v) is 7.12. The van der Waals surface area contributed by atoms with Crippen molar-refractivity contribution in [3.8, 4) is 11.6 Å². The first-order chi connectivity index (χ1) is 17.3. The van der Waals surface area contributed by atoms with Crippen molar-refractivity contribution in [1.29, 1.82) is 0 Å². The first kappa shape index (κ1) is 28.6. The molecule has 0 bridgehead atoms. The summed E-state index contributed by atoms with van der Waals surface area (Å²) in [5, 5.41) is 1.63. The summed E-state index contributed by atoms with van der Waals surface area (Å²) in [6.07, 6.45) is 3.10. The molecule has 0 unspecified atom stereocenters. The summed E-state index contributed by atoms with van der Waals surface area (Å²) in [6, 6.07) is 3.62. The lowest BCUT2D eigenvalue weighted by Gasteiger charge is -2.36. The van der Waals surface area contributed by atoms with E-state index in [2.05, 4.69) is 28.7 Å². The Labute approximate surface area is 217 Å². The van der Waals surface area contributed by atoms with Crippen LogP contribution >= 0.6 is 0 Å².